The van der Waals surface area contributed by atoms with Crippen molar-refractivity contribution in [3.63, 3.8) is 0 Å². The van der Waals surface area contributed by atoms with Gasteiger partial charge in [0.05, 0.1) is 18.1 Å². The van der Waals surface area contributed by atoms with Crippen molar-refractivity contribution in [2.75, 3.05) is 39.8 Å². The lowest BCUT2D eigenvalue weighted by Crippen LogP contribution is -2.52. The number of carbonyl (C=O) groups excluding carboxylic acids is 1. The molecule has 1 heterocycles. The molecule has 0 amide bonds. The van der Waals surface area contributed by atoms with E-state index in [0.717, 1.165) is 39.1 Å². The van der Waals surface area contributed by atoms with Crippen LogP contribution in [0.1, 0.15) is 19.8 Å². The maximum Gasteiger partial charge on any atom is 0.305 e. The molecule has 0 radical (unpaired) electrons. The molecular weight excluding hydrogens is 250 g/mol. The Bertz CT molecular complexity index is 291. The van der Waals surface area contributed by atoms with E-state index < -0.39 is 0 Å². The predicted molar refractivity (Wildman–Crippen MR) is 75.5 cm³/mol. The van der Waals surface area contributed by atoms with Gasteiger partial charge in [-0.3, -0.25) is 9.69 Å². The van der Waals surface area contributed by atoms with E-state index >= 15 is 0 Å². The van der Waals surface area contributed by atoms with Crippen LogP contribution < -0.4 is 5.73 Å². The molecule has 2 N–H and O–H groups in total. The first-order valence-corrected chi connectivity index (χ1v) is 6.78. The minimum Gasteiger partial charge on any atom is -0.469 e. The van der Waals surface area contributed by atoms with E-state index in [1.165, 1.54) is 7.11 Å². The number of carbonyl (C=O) groups is 1. The lowest BCUT2D eigenvalue weighted by Gasteiger charge is -2.37. The van der Waals surface area contributed by atoms with Gasteiger partial charge in [0.2, 0.25) is 0 Å². The smallest absolute Gasteiger partial charge is 0.305 e. The second-order valence-electron chi connectivity index (χ2n) is 4.64. The lowest BCUT2D eigenvalue weighted by molar-refractivity contribution is -0.140. The molecule has 0 aromatic heterocycles. The average Bonchev–Trinajstić information content (AvgIpc) is 2.38. The minimum absolute atomic E-state index is 0.129. The highest BCUT2D eigenvalue weighted by Gasteiger charge is 2.22. The molecular formula is C12H23N3O2S. The molecule has 0 saturated carbocycles. The SMILES string of the molecule is COC(=O)CCCN1CCN(C(C)C(N)=S)CC1. The van der Waals surface area contributed by atoms with E-state index in [0.29, 0.717) is 11.4 Å². The summed E-state index contributed by atoms with van der Waals surface area (Å²) >= 11 is 5.01. The first-order chi connectivity index (χ1) is 8.54. The zero-order valence-corrected chi connectivity index (χ0v) is 12.0. The first kappa shape index (κ1) is 15.3. The minimum atomic E-state index is -0.129. The fraction of sp³-hybridized carbons (Fsp3) is 0.833. The lowest BCUT2D eigenvalue weighted by atomic mass is 10.2. The Morgan fingerprint density at radius 1 is 1.39 bits per heavy atom. The predicted octanol–water partition coefficient (Wildman–Crippen LogP) is 0.232. The third-order valence-electron chi connectivity index (χ3n) is 3.45. The van der Waals surface area contributed by atoms with Gasteiger partial charge in [-0.25, -0.2) is 0 Å². The van der Waals surface area contributed by atoms with Gasteiger partial charge < -0.3 is 15.4 Å². The van der Waals surface area contributed by atoms with Crippen molar-refractivity contribution in [2.24, 2.45) is 5.73 Å². The molecule has 0 aromatic rings. The van der Waals surface area contributed by atoms with Crippen LogP contribution in [0.5, 0.6) is 0 Å². The van der Waals surface area contributed by atoms with Gasteiger partial charge in [-0.05, 0) is 19.9 Å². The number of nitrogens with zero attached hydrogens (tertiary/aromatic N) is 2. The summed E-state index contributed by atoms with van der Waals surface area (Å²) in [6.45, 7) is 6.98. The highest BCUT2D eigenvalue weighted by Crippen LogP contribution is 2.07. The molecule has 0 aliphatic carbocycles. The quantitative estimate of drug-likeness (QED) is 0.552. The maximum atomic E-state index is 11.0. The largest absolute Gasteiger partial charge is 0.469 e. The van der Waals surface area contributed by atoms with Crippen LogP contribution in [0.3, 0.4) is 0 Å². The van der Waals surface area contributed by atoms with E-state index in [-0.39, 0.29) is 12.0 Å². The third kappa shape index (κ3) is 4.88. The molecule has 6 heteroatoms. The number of nitrogens with two attached hydrogens (primary N) is 1. The van der Waals surface area contributed by atoms with Crippen LogP contribution in [0.15, 0.2) is 0 Å². The van der Waals surface area contributed by atoms with Crippen molar-refractivity contribution >= 4 is 23.2 Å². The molecule has 18 heavy (non-hydrogen) atoms. The van der Waals surface area contributed by atoms with Crippen LogP contribution in [0.2, 0.25) is 0 Å². The van der Waals surface area contributed by atoms with Crippen molar-refractivity contribution in [1.29, 1.82) is 0 Å². The summed E-state index contributed by atoms with van der Waals surface area (Å²) in [4.78, 5) is 16.2. The number of piperazine rings is 1. The van der Waals surface area contributed by atoms with E-state index in [1.807, 2.05) is 0 Å². The Morgan fingerprint density at radius 3 is 2.50 bits per heavy atom. The molecule has 0 aromatic carbocycles. The van der Waals surface area contributed by atoms with Gasteiger partial charge in [-0.1, -0.05) is 12.2 Å². The van der Waals surface area contributed by atoms with Gasteiger partial charge >= 0.3 is 5.97 Å². The van der Waals surface area contributed by atoms with Gasteiger partial charge in [0.25, 0.3) is 0 Å². The summed E-state index contributed by atoms with van der Waals surface area (Å²) < 4.78 is 4.62. The maximum absolute atomic E-state index is 11.0. The topological polar surface area (TPSA) is 58.8 Å². The molecule has 0 bridgehead atoms. The molecule has 1 atom stereocenters. The summed E-state index contributed by atoms with van der Waals surface area (Å²) in [5, 5.41) is 0. The van der Waals surface area contributed by atoms with Crippen molar-refractivity contribution in [3.8, 4) is 0 Å². The zero-order chi connectivity index (χ0) is 13.5. The fourth-order valence-electron chi connectivity index (χ4n) is 2.10. The van der Waals surface area contributed by atoms with E-state index in [2.05, 4.69) is 21.5 Å². The van der Waals surface area contributed by atoms with Gasteiger partial charge in [0.15, 0.2) is 0 Å². The highest BCUT2D eigenvalue weighted by atomic mass is 32.1. The molecule has 1 unspecified atom stereocenters. The normalized spacial score (nSPS) is 19.4. The molecule has 1 fully saturated rings. The van der Waals surface area contributed by atoms with Crippen LogP contribution in [-0.4, -0.2) is 66.6 Å². The Balaban J connectivity index is 2.19. The average molecular weight is 273 g/mol. The number of hydrogen-bond donors (Lipinski definition) is 1. The van der Waals surface area contributed by atoms with Crippen LogP contribution in [0.25, 0.3) is 0 Å². The molecule has 104 valence electrons. The van der Waals surface area contributed by atoms with Crippen LogP contribution in [0.4, 0.5) is 0 Å². The summed E-state index contributed by atoms with van der Waals surface area (Å²) in [5.74, 6) is -0.129. The summed E-state index contributed by atoms with van der Waals surface area (Å²) in [6.07, 6.45) is 1.36. The van der Waals surface area contributed by atoms with Crippen molar-refractivity contribution in [2.45, 2.75) is 25.8 Å². The van der Waals surface area contributed by atoms with Crippen molar-refractivity contribution < 1.29 is 9.53 Å². The van der Waals surface area contributed by atoms with Crippen molar-refractivity contribution in [3.05, 3.63) is 0 Å². The Hall–Kier alpha value is -0.720. The number of esters is 1. The molecule has 5 nitrogen and oxygen atoms in total. The third-order valence-corrected chi connectivity index (χ3v) is 3.79. The number of thiocarbonyl (C=S) groups is 1. The van der Waals surface area contributed by atoms with Crippen LogP contribution >= 0.6 is 12.2 Å². The fourth-order valence-corrected chi connectivity index (χ4v) is 2.25. The second-order valence-corrected chi connectivity index (χ2v) is 5.11. The number of hydrogen-bond acceptors (Lipinski definition) is 5. The van der Waals surface area contributed by atoms with E-state index in [1.54, 1.807) is 0 Å². The molecule has 1 aliphatic rings. The first-order valence-electron chi connectivity index (χ1n) is 6.37. The standard InChI is InChI=1S/C12H23N3O2S/c1-10(12(13)18)15-8-6-14(7-9-15)5-3-4-11(16)17-2/h10H,3-9H2,1-2H3,(H2,13,18). The number of methoxy groups -OCH3 is 1. The highest BCUT2D eigenvalue weighted by molar-refractivity contribution is 7.80. The monoisotopic (exact) mass is 273 g/mol. The molecule has 1 aliphatic heterocycles. The molecule has 1 saturated heterocycles. The Morgan fingerprint density at radius 2 is 2.00 bits per heavy atom. The van der Waals surface area contributed by atoms with Gasteiger partial charge in [0, 0.05) is 32.6 Å². The van der Waals surface area contributed by atoms with E-state index in [9.17, 15) is 4.79 Å². The zero-order valence-electron chi connectivity index (χ0n) is 11.2. The van der Waals surface area contributed by atoms with Gasteiger partial charge in [0.1, 0.15) is 0 Å². The van der Waals surface area contributed by atoms with E-state index in [4.69, 9.17) is 18.0 Å². The summed E-state index contributed by atoms with van der Waals surface area (Å²) in [5.41, 5.74) is 5.66. The Kier molecular flexibility index (Phi) is 6.52. The van der Waals surface area contributed by atoms with Crippen LogP contribution in [-0.2, 0) is 9.53 Å². The van der Waals surface area contributed by atoms with Crippen molar-refractivity contribution in [1.82, 2.24) is 9.80 Å². The van der Waals surface area contributed by atoms with Gasteiger partial charge in [-0.15, -0.1) is 0 Å². The van der Waals surface area contributed by atoms with Crippen LogP contribution in [0, 0.1) is 0 Å². The Labute approximate surface area is 114 Å². The number of ether oxygens (including phenoxy) is 1. The number of rotatable bonds is 6. The summed E-state index contributed by atoms with van der Waals surface area (Å²) in [6, 6.07) is 0.178. The second kappa shape index (κ2) is 7.66. The summed E-state index contributed by atoms with van der Waals surface area (Å²) in [7, 11) is 1.43. The van der Waals surface area contributed by atoms with Gasteiger partial charge in [-0.2, -0.15) is 0 Å². The molecule has 0 spiro atoms. The molecule has 1 rings (SSSR count).